The van der Waals surface area contributed by atoms with Crippen molar-refractivity contribution in [1.82, 2.24) is 10.3 Å². The number of aromatic nitrogens is 2. The van der Waals surface area contributed by atoms with Crippen molar-refractivity contribution >= 4 is 0 Å². The van der Waals surface area contributed by atoms with Crippen molar-refractivity contribution in [1.29, 1.82) is 0 Å². The van der Waals surface area contributed by atoms with E-state index < -0.39 is 5.60 Å². The van der Waals surface area contributed by atoms with Gasteiger partial charge in [-0.25, -0.2) is 4.63 Å². The lowest BCUT2D eigenvalue weighted by molar-refractivity contribution is -0.139. The molecule has 4 heteroatoms. The minimum Gasteiger partial charge on any atom is -0.390 e. The number of fused-ring (bicyclic) bond motifs is 6. The second-order valence-electron chi connectivity index (χ2n) is 9.96. The first kappa shape index (κ1) is 15.4. The molecule has 1 N–H and O–H groups in total. The molecule has 1 aromatic heterocycles. The highest BCUT2D eigenvalue weighted by molar-refractivity contribution is 5.21. The molecule has 3 saturated carbocycles. The lowest BCUT2D eigenvalue weighted by atomic mass is 9.45. The summed E-state index contributed by atoms with van der Waals surface area (Å²) in [5, 5.41) is 19.4. The Kier molecular flexibility index (Phi) is 2.96. The molecule has 4 nitrogen and oxygen atoms in total. The van der Waals surface area contributed by atoms with Crippen molar-refractivity contribution in [3.05, 3.63) is 11.4 Å². The highest BCUT2D eigenvalue weighted by atomic mass is 16.6. The van der Waals surface area contributed by atoms with Crippen LogP contribution in [0.15, 0.2) is 4.63 Å². The first-order chi connectivity index (χ1) is 11.4. The van der Waals surface area contributed by atoms with Crippen LogP contribution >= 0.6 is 0 Å². The Labute approximate surface area is 144 Å². The maximum Gasteiger partial charge on any atom is 0.108 e. The molecule has 0 unspecified atom stereocenters. The van der Waals surface area contributed by atoms with Gasteiger partial charge in [-0.15, -0.1) is 0 Å². The van der Waals surface area contributed by atoms with Gasteiger partial charge in [0.25, 0.3) is 0 Å². The molecule has 0 aliphatic heterocycles. The van der Waals surface area contributed by atoms with E-state index in [4.69, 9.17) is 4.63 Å². The van der Waals surface area contributed by atoms with E-state index in [1.165, 1.54) is 32.1 Å². The van der Waals surface area contributed by atoms with Gasteiger partial charge in [0.2, 0.25) is 0 Å². The van der Waals surface area contributed by atoms with Crippen molar-refractivity contribution < 1.29 is 9.74 Å². The smallest absolute Gasteiger partial charge is 0.108 e. The monoisotopic (exact) mass is 330 g/mol. The molecule has 0 amide bonds. The lowest BCUT2D eigenvalue weighted by Gasteiger charge is -2.60. The molecular weight excluding hydrogens is 300 g/mol. The molecule has 0 bridgehead atoms. The normalized spacial score (nSPS) is 53.0. The van der Waals surface area contributed by atoms with E-state index in [-0.39, 0.29) is 5.41 Å². The molecule has 4 aliphatic rings. The minimum absolute atomic E-state index is 0.118. The van der Waals surface area contributed by atoms with E-state index in [9.17, 15) is 5.11 Å². The maximum atomic E-state index is 11.0. The Balaban J connectivity index is 1.50. The molecule has 1 heterocycles. The molecule has 132 valence electrons. The van der Waals surface area contributed by atoms with E-state index in [1.807, 2.05) is 0 Å². The maximum absolute atomic E-state index is 11.0. The average molecular weight is 330 g/mol. The van der Waals surface area contributed by atoms with Gasteiger partial charge in [-0.1, -0.05) is 24.2 Å². The van der Waals surface area contributed by atoms with Gasteiger partial charge in [-0.05, 0) is 86.4 Å². The van der Waals surface area contributed by atoms with Crippen molar-refractivity contribution in [2.45, 2.75) is 77.7 Å². The van der Waals surface area contributed by atoms with Crippen LogP contribution in [0.1, 0.15) is 70.7 Å². The van der Waals surface area contributed by atoms with Crippen LogP contribution in [0, 0.1) is 34.5 Å². The Morgan fingerprint density at radius 2 is 1.71 bits per heavy atom. The summed E-state index contributed by atoms with van der Waals surface area (Å²) < 4.78 is 5.03. The Morgan fingerprint density at radius 3 is 2.54 bits per heavy atom. The molecule has 24 heavy (non-hydrogen) atoms. The van der Waals surface area contributed by atoms with Crippen molar-refractivity contribution in [2.75, 3.05) is 0 Å². The van der Waals surface area contributed by atoms with E-state index in [2.05, 4.69) is 31.1 Å². The second-order valence-corrected chi connectivity index (χ2v) is 9.96. The standard InChI is InChI=1S/C20H30N2O2/c1-18-11-17-16(21-24-22-17)10-12(18)4-5-13-14(18)6-8-19(2)15(13)7-9-20(19,3)23/h12-15,23H,4-11H2,1-3H3/t12-,13+,14-,15+,18-,19+,20+/m0/s1. The van der Waals surface area contributed by atoms with Crippen molar-refractivity contribution in [3.63, 3.8) is 0 Å². The highest BCUT2D eigenvalue weighted by Gasteiger charge is 2.63. The summed E-state index contributed by atoms with van der Waals surface area (Å²) in [7, 11) is 0. The number of rotatable bonds is 0. The molecule has 1 aromatic rings. The zero-order valence-corrected chi connectivity index (χ0v) is 15.2. The zero-order valence-electron chi connectivity index (χ0n) is 15.2. The quantitative estimate of drug-likeness (QED) is 0.786. The summed E-state index contributed by atoms with van der Waals surface area (Å²) >= 11 is 0. The molecule has 0 saturated heterocycles. The number of hydrogen-bond acceptors (Lipinski definition) is 4. The van der Waals surface area contributed by atoms with E-state index in [1.54, 1.807) is 0 Å². The van der Waals surface area contributed by atoms with Crippen LogP contribution in [0.3, 0.4) is 0 Å². The third kappa shape index (κ3) is 1.73. The van der Waals surface area contributed by atoms with Crippen LogP contribution in [-0.2, 0) is 12.8 Å². The largest absolute Gasteiger partial charge is 0.390 e. The molecule has 0 spiro atoms. The summed E-state index contributed by atoms with van der Waals surface area (Å²) in [4.78, 5) is 0. The summed E-state index contributed by atoms with van der Waals surface area (Å²) in [6.45, 7) is 6.98. The Bertz CT molecular complexity index is 668. The topological polar surface area (TPSA) is 59.2 Å². The highest BCUT2D eigenvalue weighted by Crippen LogP contribution is 2.67. The molecule has 4 aliphatic carbocycles. The average Bonchev–Trinajstić information content (AvgIpc) is 3.06. The molecular formula is C20H30N2O2. The van der Waals surface area contributed by atoms with E-state index >= 15 is 0 Å². The first-order valence-electron chi connectivity index (χ1n) is 9.88. The number of nitrogens with zero attached hydrogens (tertiary/aromatic N) is 2. The van der Waals surface area contributed by atoms with Gasteiger partial charge >= 0.3 is 0 Å². The predicted molar refractivity (Wildman–Crippen MR) is 90.2 cm³/mol. The fourth-order valence-electron chi connectivity index (χ4n) is 7.50. The Morgan fingerprint density at radius 1 is 0.958 bits per heavy atom. The van der Waals surface area contributed by atoms with Gasteiger partial charge in [-0.3, -0.25) is 0 Å². The predicted octanol–water partition coefficient (Wildman–Crippen LogP) is 3.78. The first-order valence-corrected chi connectivity index (χ1v) is 9.88. The summed E-state index contributed by atoms with van der Waals surface area (Å²) in [5.74, 6) is 2.97. The fourth-order valence-corrected chi connectivity index (χ4v) is 7.50. The van der Waals surface area contributed by atoms with Gasteiger partial charge in [0, 0.05) is 6.42 Å². The molecule has 0 aromatic carbocycles. The summed E-state index contributed by atoms with van der Waals surface area (Å²) in [5.41, 5.74) is 2.20. The lowest BCUT2D eigenvalue weighted by Crippen LogP contribution is -2.56. The fraction of sp³-hybridized carbons (Fsp3) is 0.900. The van der Waals surface area contributed by atoms with E-state index in [0.29, 0.717) is 11.3 Å². The third-order valence-corrected chi connectivity index (χ3v) is 9.25. The van der Waals surface area contributed by atoms with E-state index in [0.717, 1.165) is 48.4 Å². The van der Waals surface area contributed by atoms with Crippen molar-refractivity contribution in [3.8, 4) is 0 Å². The molecule has 5 rings (SSSR count). The third-order valence-electron chi connectivity index (χ3n) is 9.25. The van der Waals surface area contributed by atoms with Crippen LogP contribution in [-0.4, -0.2) is 21.0 Å². The van der Waals surface area contributed by atoms with Gasteiger partial charge < -0.3 is 5.11 Å². The minimum atomic E-state index is -0.476. The molecule has 3 fully saturated rings. The van der Waals surface area contributed by atoms with Gasteiger partial charge in [0.1, 0.15) is 11.4 Å². The van der Waals surface area contributed by atoms with Crippen LogP contribution in [0.4, 0.5) is 0 Å². The zero-order chi connectivity index (χ0) is 16.7. The van der Waals surface area contributed by atoms with Crippen LogP contribution in [0.2, 0.25) is 0 Å². The second kappa shape index (κ2) is 4.63. The molecule has 7 atom stereocenters. The van der Waals surface area contributed by atoms with Crippen molar-refractivity contribution in [2.24, 2.45) is 34.5 Å². The van der Waals surface area contributed by atoms with Crippen LogP contribution < -0.4 is 0 Å². The number of aliphatic hydroxyl groups is 1. The van der Waals surface area contributed by atoms with Crippen LogP contribution in [0.25, 0.3) is 0 Å². The SMILES string of the molecule is C[C@]12Cc3nonc3C[C@@H]1CC[C@H]1[C@H]3CC[C@@](C)(O)[C@]3(C)CC[C@@H]12. The van der Waals surface area contributed by atoms with Gasteiger partial charge in [0.15, 0.2) is 0 Å². The summed E-state index contributed by atoms with van der Waals surface area (Å²) in [6.07, 6.45) is 9.37. The number of hydrogen-bond donors (Lipinski definition) is 1. The Hall–Kier alpha value is -0.900. The summed E-state index contributed by atoms with van der Waals surface area (Å²) in [6, 6.07) is 0. The molecule has 0 radical (unpaired) electrons. The van der Waals surface area contributed by atoms with Crippen LogP contribution in [0.5, 0.6) is 0 Å². The van der Waals surface area contributed by atoms with Gasteiger partial charge in [0.05, 0.1) is 5.60 Å². The van der Waals surface area contributed by atoms with Gasteiger partial charge in [-0.2, -0.15) is 0 Å².